The highest BCUT2D eigenvalue weighted by Crippen LogP contribution is 2.05. The van der Waals surface area contributed by atoms with Gasteiger partial charge in [0.2, 0.25) is 0 Å². The van der Waals surface area contributed by atoms with Gasteiger partial charge in [0.15, 0.2) is 0 Å². The molecule has 3 heteroatoms. The zero-order valence-corrected chi connectivity index (χ0v) is 9.20. The van der Waals surface area contributed by atoms with E-state index in [0.717, 1.165) is 5.56 Å². The summed E-state index contributed by atoms with van der Waals surface area (Å²) in [7, 11) is 0. The average Bonchev–Trinajstić information content (AvgIpc) is 2.21. The Bertz CT molecular complexity index is 284. The summed E-state index contributed by atoms with van der Waals surface area (Å²) in [5.41, 5.74) is 1.02. The van der Waals surface area contributed by atoms with Crippen LogP contribution in [-0.4, -0.2) is 17.8 Å². The quantitative estimate of drug-likeness (QED) is 0.780. The lowest BCUT2D eigenvalue weighted by atomic mass is 10.1. The molecule has 0 aromatic heterocycles. The van der Waals surface area contributed by atoms with Crippen LogP contribution in [-0.2, 0) is 6.54 Å². The minimum atomic E-state index is -0.221. The number of aliphatic hydroxyl groups is 1. The normalized spacial score (nSPS) is 13.1. The fourth-order valence-corrected chi connectivity index (χ4v) is 1.36. The molecule has 2 N–H and O–H groups in total. The summed E-state index contributed by atoms with van der Waals surface area (Å²) in [6, 6.07) is 6.48. The van der Waals surface area contributed by atoms with E-state index in [1.807, 2.05) is 0 Å². The number of rotatable bonds is 5. The van der Waals surface area contributed by atoms with Gasteiger partial charge in [-0.2, -0.15) is 0 Å². The number of hydrogen-bond donors (Lipinski definition) is 2. The van der Waals surface area contributed by atoms with Gasteiger partial charge in [0.25, 0.3) is 0 Å². The van der Waals surface area contributed by atoms with E-state index >= 15 is 0 Å². The smallest absolute Gasteiger partial charge is 0.123 e. The summed E-state index contributed by atoms with van der Waals surface area (Å²) in [5.74, 6) is 0.164. The molecule has 2 nitrogen and oxygen atoms in total. The molecule has 1 aromatic rings. The molecular formula is C12H18FNO. The molecule has 0 aliphatic carbocycles. The van der Waals surface area contributed by atoms with Crippen molar-refractivity contribution in [2.24, 2.45) is 5.92 Å². The van der Waals surface area contributed by atoms with Crippen LogP contribution in [0.4, 0.5) is 4.39 Å². The standard InChI is InChI=1S/C12H18FNO/c1-9(2)12(8-15)14-7-10-3-5-11(13)6-4-10/h3-6,9,12,14-15H,7-8H2,1-2H3. The van der Waals surface area contributed by atoms with Crippen LogP contribution in [0.3, 0.4) is 0 Å². The highest BCUT2D eigenvalue weighted by molar-refractivity contribution is 5.15. The number of halogens is 1. The number of hydrogen-bond acceptors (Lipinski definition) is 2. The van der Waals surface area contributed by atoms with Crippen molar-refractivity contribution in [2.45, 2.75) is 26.4 Å². The van der Waals surface area contributed by atoms with Gasteiger partial charge in [0, 0.05) is 12.6 Å². The monoisotopic (exact) mass is 211 g/mol. The summed E-state index contributed by atoms with van der Waals surface area (Å²) in [6.45, 7) is 4.89. The van der Waals surface area contributed by atoms with Gasteiger partial charge in [-0.15, -0.1) is 0 Å². The molecule has 15 heavy (non-hydrogen) atoms. The molecule has 0 saturated carbocycles. The first kappa shape index (κ1) is 12.1. The van der Waals surface area contributed by atoms with E-state index in [2.05, 4.69) is 19.2 Å². The van der Waals surface area contributed by atoms with Crippen LogP contribution in [0.5, 0.6) is 0 Å². The zero-order chi connectivity index (χ0) is 11.3. The lowest BCUT2D eigenvalue weighted by molar-refractivity contribution is 0.210. The van der Waals surface area contributed by atoms with E-state index in [4.69, 9.17) is 5.11 Å². The fraction of sp³-hybridized carbons (Fsp3) is 0.500. The maximum absolute atomic E-state index is 12.6. The van der Waals surface area contributed by atoms with Crippen molar-refractivity contribution in [3.05, 3.63) is 35.6 Å². The maximum atomic E-state index is 12.6. The molecule has 1 atom stereocenters. The Morgan fingerprint density at radius 1 is 1.27 bits per heavy atom. The highest BCUT2D eigenvalue weighted by Gasteiger charge is 2.10. The number of aliphatic hydroxyl groups excluding tert-OH is 1. The van der Waals surface area contributed by atoms with E-state index in [-0.39, 0.29) is 18.5 Å². The van der Waals surface area contributed by atoms with Crippen LogP contribution in [0.15, 0.2) is 24.3 Å². The predicted molar refractivity (Wildman–Crippen MR) is 59.0 cm³/mol. The molecule has 0 aliphatic rings. The largest absolute Gasteiger partial charge is 0.395 e. The molecule has 84 valence electrons. The second kappa shape index (κ2) is 5.83. The Labute approximate surface area is 90.1 Å². The molecule has 1 rings (SSSR count). The van der Waals surface area contributed by atoms with Gasteiger partial charge in [-0.1, -0.05) is 26.0 Å². The van der Waals surface area contributed by atoms with E-state index in [1.165, 1.54) is 12.1 Å². The Morgan fingerprint density at radius 3 is 2.33 bits per heavy atom. The van der Waals surface area contributed by atoms with Crippen molar-refractivity contribution in [1.29, 1.82) is 0 Å². The van der Waals surface area contributed by atoms with Crippen LogP contribution >= 0.6 is 0 Å². The van der Waals surface area contributed by atoms with Crippen molar-refractivity contribution in [2.75, 3.05) is 6.61 Å². The number of nitrogens with one attached hydrogen (secondary N) is 1. The van der Waals surface area contributed by atoms with Gasteiger partial charge in [-0.3, -0.25) is 0 Å². The van der Waals surface area contributed by atoms with Gasteiger partial charge in [0.05, 0.1) is 6.61 Å². The Morgan fingerprint density at radius 2 is 1.87 bits per heavy atom. The molecule has 0 amide bonds. The minimum absolute atomic E-state index is 0.0926. The first-order valence-electron chi connectivity index (χ1n) is 5.22. The molecular weight excluding hydrogens is 193 g/mol. The van der Waals surface area contributed by atoms with Crippen LogP contribution in [0.2, 0.25) is 0 Å². The van der Waals surface area contributed by atoms with E-state index in [1.54, 1.807) is 12.1 Å². The van der Waals surface area contributed by atoms with Gasteiger partial charge < -0.3 is 10.4 Å². The first-order chi connectivity index (χ1) is 7.13. The molecule has 1 aromatic carbocycles. The minimum Gasteiger partial charge on any atom is -0.395 e. The van der Waals surface area contributed by atoms with Gasteiger partial charge in [-0.25, -0.2) is 4.39 Å². The van der Waals surface area contributed by atoms with Crippen molar-refractivity contribution in [3.63, 3.8) is 0 Å². The molecule has 0 heterocycles. The van der Waals surface area contributed by atoms with Gasteiger partial charge >= 0.3 is 0 Å². The van der Waals surface area contributed by atoms with Crippen LogP contribution in [0, 0.1) is 11.7 Å². The highest BCUT2D eigenvalue weighted by atomic mass is 19.1. The Balaban J connectivity index is 2.45. The molecule has 0 aliphatic heterocycles. The second-order valence-electron chi connectivity index (χ2n) is 4.04. The average molecular weight is 211 g/mol. The van der Waals surface area contributed by atoms with Gasteiger partial charge in [-0.05, 0) is 23.6 Å². The summed E-state index contributed by atoms with van der Waals surface area (Å²) in [5, 5.41) is 12.3. The van der Waals surface area contributed by atoms with Crippen LogP contribution in [0.25, 0.3) is 0 Å². The Hall–Kier alpha value is -0.930. The molecule has 0 radical (unpaired) electrons. The summed E-state index contributed by atoms with van der Waals surface area (Å²) < 4.78 is 12.6. The van der Waals surface area contributed by atoms with E-state index < -0.39 is 0 Å². The van der Waals surface area contributed by atoms with Crippen molar-refractivity contribution in [3.8, 4) is 0 Å². The molecule has 0 fully saturated rings. The van der Waals surface area contributed by atoms with Gasteiger partial charge in [0.1, 0.15) is 5.82 Å². The molecule has 0 bridgehead atoms. The predicted octanol–water partition coefficient (Wildman–Crippen LogP) is 1.93. The zero-order valence-electron chi connectivity index (χ0n) is 9.20. The summed E-state index contributed by atoms with van der Waals surface area (Å²) in [6.07, 6.45) is 0. The Kier molecular flexibility index (Phi) is 4.72. The molecule has 0 saturated heterocycles. The first-order valence-corrected chi connectivity index (χ1v) is 5.22. The van der Waals surface area contributed by atoms with Crippen molar-refractivity contribution < 1.29 is 9.50 Å². The lowest BCUT2D eigenvalue weighted by Gasteiger charge is -2.19. The maximum Gasteiger partial charge on any atom is 0.123 e. The third kappa shape index (κ3) is 3.98. The lowest BCUT2D eigenvalue weighted by Crippen LogP contribution is -2.36. The van der Waals surface area contributed by atoms with Crippen LogP contribution < -0.4 is 5.32 Å². The number of benzene rings is 1. The molecule has 1 unspecified atom stereocenters. The van der Waals surface area contributed by atoms with E-state index in [9.17, 15) is 4.39 Å². The summed E-state index contributed by atoms with van der Waals surface area (Å²) >= 11 is 0. The third-order valence-electron chi connectivity index (χ3n) is 2.48. The van der Waals surface area contributed by atoms with Crippen molar-refractivity contribution in [1.82, 2.24) is 5.32 Å². The third-order valence-corrected chi connectivity index (χ3v) is 2.48. The summed E-state index contributed by atoms with van der Waals surface area (Å²) in [4.78, 5) is 0. The SMILES string of the molecule is CC(C)C(CO)NCc1ccc(F)cc1. The van der Waals surface area contributed by atoms with Crippen molar-refractivity contribution >= 4 is 0 Å². The van der Waals surface area contributed by atoms with Crippen LogP contribution in [0.1, 0.15) is 19.4 Å². The molecule has 0 spiro atoms. The topological polar surface area (TPSA) is 32.3 Å². The fourth-order valence-electron chi connectivity index (χ4n) is 1.36. The van der Waals surface area contributed by atoms with E-state index in [0.29, 0.717) is 12.5 Å². The second-order valence-corrected chi connectivity index (χ2v) is 4.04.